The van der Waals surface area contributed by atoms with Crippen LogP contribution in [-0.2, 0) is 4.79 Å². The number of benzene rings is 2. The van der Waals surface area contributed by atoms with Gasteiger partial charge in [-0.25, -0.2) is 9.37 Å². The van der Waals surface area contributed by atoms with E-state index in [-0.39, 0.29) is 16.4 Å². The molecule has 33 heavy (non-hydrogen) atoms. The van der Waals surface area contributed by atoms with E-state index < -0.39 is 34.2 Å². The number of carbonyl (C=O) groups is 2. The van der Waals surface area contributed by atoms with Crippen LogP contribution in [0.4, 0.5) is 15.2 Å². The molecule has 1 aliphatic heterocycles. The van der Waals surface area contributed by atoms with Crippen molar-refractivity contribution >= 4 is 55.4 Å². The minimum absolute atomic E-state index is 0.151. The van der Waals surface area contributed by atoms with Crippen LogP contribution >= 0.6 is 22.7 Å². The maximum atomic E-state index is 13.7. The number of nitro groups is 1. The molecule has 0 saturated heterocycles. The lowest BCUT2D eigenvalue weighted by Crippen LogP contribution is -2.30. The Morgan fingerprint density at radius 2 is 1.94 bits per heavy atom. The Morgan fingerprint density at radius 1 is 1.18 bits per heavy atom. The molecule has 0 unspecified atom stereocenters. The summed E-state index contributed by atoms with van der Waals surface area (Å²) in [6, 6.07) is 11.5. The number of anilines is 1. The Morgan fingerprint density at radius 3 is 2.61 bits per heavy atom. The highest BCUT2D eigenvalue weighted by molar-refractivity contribution is 7.22. The molecule has 0 fully saturated rings. The molecule has 8 nitrogen and oxygen atoms in total. The fourth-order valence-electron chi connectivity index (χ4n) is 3.66. The molecule has 1 aliphatic rings. The molecule has 5 rings (SSSR count). The van der Waals surface area contributed by atoms with E-state index in [4.69, 9.17) is 0 Å². The van der Waals surface area contributed by atoms with Crippen molar-refractivity contribution in [1.29, 1.82) is 0 Å². The zero-order valence-corrected chi connectivity index (χ0v) is 18.1. The number of hydrogen-bond donors (Lipinski definition) is 1. The molecule has 0 radical (unpaired) electrons. The van der Waals surface area contributed by atoms with Gasteiger partial charge in [0, 0.05) is 12.1 Å². The Balaban J connectivity index is 1.67. The monoisotopic (exact) mass is 481 g/mol. The third-order valence-electron chi connectivity index (χ3n) is 5.16. The van der Waals surface area contributed by atoms with Crippen LogP contribution in [0.3, 0.4) is 0 Å². The zero-order chi connectivity index (χ0) is 23.3. The van der Waals surface area contributed by atoms with Crippen molar-refractivity contribution < 1.29 is 24.0 Å². The Labute approximate surface area is 193 Å². The van der Waals surface area contributed by atoms with E-state index in [9.17, 15) is 29.2 Å². The van der Waals surface area contributed by atoms with Crippen LogP contribution in [0.2, 0.25) is 0 Å². The first-order valence-electron chi connectivity index (χ1n) is 9.50. The van der Waals surface area contributed by atoms with E-state index in [0.29, 0.717) is 20.7 Å². The second-order valence-corrected chi connectivity index (χ2v) is 9.06. The average molecular weight is 481 g/mol. The van der Waals surface area contributed by atoms with Crippen molar-refractivity contribution in [1.82, 2.24) is 4.98 Å². The molecule has 1 N–H and O–H groups in total. The third kappa shape index (κ3) is 3.47. The van der Waals surface area contributed by atoms with Gasteiger partial charge in [-0.1, -0.05) is 17.4 Å². The van der Waals surface area contributed by atoms with Crippen LogP contribution in [0.5, 0.6) is 0 Å². The number of rotatable bonds is 5. The molecule has 1 atom stereocenters. The van der Waals surface area contributed by atoms with Gasteiger partial charge in [-0.05, 0) is 47.3 Å². The van der Waals surface area contributed by atoms with E-state index >= 15 is 0 Å². The minimum Gasteiger partial charge on any atom is -0.503 e. The number of fused-ring (bicyclic) bond motifs is 1. The molecule has 3 heterocycles. The van der Waals surface area contributed by atoms with Crippen LogP contribution in [0.25, 0.3) is 10.2 Å². The average Bonchev–Trinajstić information content (AvgIpc) is 3.52. The number of nitro benzene ring substituents is 1. The number of non-ortho nitro benzene ring substituents is 1. The topological polar surface area (TPSA) is 114 Å². The summed E-state index contributed by atoms with van der Waals surface area (Å²) < 4.78 is 14.2. The lowest BCUT2D eigenvalue weighted by Gasteiger charge is -2.24. The highest BCUT2D eigenvalue weighted by Crippen LogP contribution is 2.44. The third-order valence-corrected chi connectivity index (χ3v) is 7.05. The lowest BCUT2D eigenvalue weighted by molar-refractivity contribution is -0.384. The van der Waals surface area contributed by atoms with E-state index in [1.807, 2.05) is 0 Å². The molecular formula is C22H12FN3O5S2. The molecule has 2 aromatic carbocycles. The van der Waals surface area contributed by atoms with Crippen molar-refractivity contribution in [3.8, 4) is 0 Å². The van der Waals surface area contributed by atoms with Gasteiger partial charge in [0.05, 0.1) is 31.6 Å². The predicted octanol–water partition coefficient (Wildman–Crippen LogP) is 5.19. The van der Waals surface area contributed by atoms with Crippen LogP contribution in [0.15, 0.2) is 71.3 Å². The maximum absolute atomic E-state index is 13.7. The van der Waals surface area contributed by atoms with E-state index in [2.05, 4.69) is 4.98 Å². The van der Waals surface area contributed by atoms with Gasteiger partial charge in [-0.15, -0.1) is 11.3 Å². The minimum atomic E-state index is -1.07. The Kier molecular flexibility index (Phi) is 4.99. The number of Topliss-reactive ketones (excluding diaryl/α,β-unsaturated/α-hetero) is 1. The van der Waals surface area contributed by atoms with E-state index in [1.54, 1.807) is 17.5 Å². The number of nitrogens with zero attached hydrogens (tertiary/aromatic N) is 3. The number of ketones is 1. The first-order chi connectivity index (χ1) is 15.8. The van der Waals surface area contributed by atoms with Gasteiger partial charge >= 0.3 is 0 Å². The zero-order valence-electron chi connectivity index (χ0n) is 16.5. The summed E-state index contributed by atoms with van der Waals surface area (Å²) in [6.07, 6.45) is 0. The molecule has 0 bridgehead atoms. The second kappa shape index (κ2) is 7.87. The van der Waals surface area contributed by atoms with Crippen molar-refractivity contribution in [2.45, 2.75) is 6.04 Å². The summed E-state index contributed by atoms with van der Waals surface area (Å²) in [6.45, 7) is 0. The fourth-order valence-corrected chi connectivity index (χ4v) is 5.35. The number of amides is 1. The maximum Gasteiger partial charge on any atom is 0.296 e. The van der Waals surface area contributed by atoms with Gasteiger partial charge in [0.25, 0.3) is 11.6 Å². The summed E-state index contributed by atoms with van der Waals surface area (Å²) in [5.74, 6) is -2.55. The first-order valence-corrected chi connectivity index (χ1v) is 11.2. The highest BCUT2D eigenvalue weighted by atomic mass is 32.1. The quantitative estimate of drug-likeness (QED) is 0.238. The molecule has 164 valence electrons. The van der Waals surface area contributed by atoms with Gasteiger partial charge in [-0.3, -0.25) is 24.6 Å². The molecule has 11 heteroatoms. The number of carbonyl (C=O) groups excluding carboxylic acids is 2. The molecule has 2 aromatic heterocycles. The van der Waals surface area contributed by atoms with Crippen LogP contribution in [-0.4, -0.2) is 26.7 Å². The number of thiazole rings is 1. The summed E-state index contributed by atoms with van der Waals surface area (Å²) in [4.78, 5) is 42.8. The van der Waals surface area contributed by atoms with E-state index in [0.717, 1.165) is 22.7 Å². The smallest absolute Gasteiger partial charge is 0.296 e. The highest BCUT2D eigenvalue weighted by Gasteiger charge is 2.46. The second-order valence-electron chi connectivity index (χ2n) is 7.10. The van der Waals surface area contributed by atoms with Gasteiger partial charge < -0.3 is 5.11 Å². The number of aliphatic hydroxyl groups is 1. The number of thiophene rings is 1. The fraction of sp³-hybridized carbons (Fsp3) is 0.0455. The largest absolute Gasteiger partial charge is 0.503 e. The van der Waals surface area contributed by atoms with Crippen molar-refractivity contribution in [3.05, 3.63) is 97.7 Å². The van der Waals surface area contributed by atoms with Crippen molar-refractivity contribution in [3.63, 3.8) is 0 Å². The first kappa shape index (κ1) is 20.9. The summed E-state index contributed by atoms with van der Waals surface area (Å²) in [5.41, 5.74) is 0.513. The van der Waals surface area contributed by atoms with Gasteiger partial charge in [0.15, 0.2) is 10.9 Å². The van der Waals surface area contributed by atoms with Crippen LogP contribution in [0, 0.1) is 15.9 Å². The van der Waals surface area contributed by atoms with Crippen LogP contribution in [0.1, 0.15) is 21.3 Å². The van der Waals surface area contributed by atoms with Crippen LogP contribution < -0.4 is 4.90 Å². The molecule has 4 aromatic rings. The Bertz CT molecular complexity index is 1460. The standard InChI is InChI=1S/C22H12FN3O5S2/c23-12-5-8-14-16(10-12)33-22(24-14)25-18(11-3-6-13(7-4-11)26(30)31)17(20(28)21(25)29)19(27)15-2-1-9-32-15/h1-10,18,28H/t18-/m0/s1. The van der Waals surface area contributed by atoms with E-state index in [1.165, 1.54) is 47.4 Å². The normalized spacial score (nSPS) is 16.1. The lowest BCUT2D eigenvalue weighted by atomic mass is 9.95. The summed E-state index contributed by atoms with van der Waals surface area (Å²) in [5, 5.41) is 23.7. The van der Waals surface area contributed by atoms with Gasteiger partial charge in [-0.2, -0.15) is 0 Å². The molecule has 0 aliphatic carbocycles. The Hall–Kier alpha value is -3.96. The van der Waals surface area contributed by atoms with Crippen molar-refractivity contribution in [2.24, 2.45) is 0 Å². The molecule has 0 saturated carbocycles. The number of aliphatic hydroxyl groups excluding tert-OH is 1. The SMILES string of the molecule is O=C(C1=C(O)C(=O)N(c2nc3ccc(F)cc3s2)[C@H]1c1ccc([N+](=O)[O-])cc1)c1cccs1. The molecule has 0 spiro atoms. The molecular weight excluding hydrogens is 469 g/mol. The number of aromatic nitrogens is 1. The number of hydrogen-bond acceptors (Lipinski definition) is 8. The van der Waals surface area contributed by atoms with Gasteiger partial charge in [0.2, 0.25) is 5.78 Å². The van der Waals surface area contributed by atoms with Crippen molar-refractivity contribution in [2.75, 3.05) is 4.90 Å². The van der Waals surface area contributed by atoms with Gasteiger partial charge in [0.1, 0.15) is 5.82 Å². The number of halogens is 1. The predicted molar refractivity (Wildman–Crippen MR) is 121 cm³/mol. The summed E-state index contributed by atoms with van der Waals surface area (Å²) >= 11 is 2.19. The molecule has 1 amide bonds. The summed E-state index contributed by atoms with van der Waals surface area (Å²) in [7, 11) is 0.